The second-order valence-corrected chi connectivity index (χ2v) is 6.28. The number of aromatic nitrogens is 2. The first-order valence-corrected chi connectivity index (χ1v) is 7.27. The number of halogens is 1. The zero-order chi connectivity index (χ0) is 16.2. The molecule has 2 rings (SSSR count). The minimum atomic E-state index is -0.552. The van der Waals surface area contributed by atoms with Gasteiger partial charge in [0.05, 0.1) is 5.69 Å². The van der Waals surface area contributed by atoms with E-state index >= 15 is 0 Å². The molecular formula is C16H18ClN3O2. The lowest BCUT2D eigenvalue weighted by molar-refractivity contribution is 0.0635. The second kappa shape index (κ2) is 6.75. The smallest absolute Gasteiger partial charge is 0.413 e. The van der Waals surface area contributed by atoms with E-state index in [0.717, 1.165) is 11.3 Å². The highest BCUT2D eigenvalue weighted by molar-refractivity contribution is 6.30. The normalized spacial score (nSPS) is 11.1. The van der Waals surface area contributed by atoms with Crippen LogP contribution in [0.3, 0.4) is 0 Å². The van der Waals surface area contributed by atoms with E-state index in [1.54, 1.807) is 32.9 Å². The summed E-state index contributed by atoms with van der Waals surface area (Å²) in [5.74, 6) is 0.351. The van der Waals surface area contributed by atoms with Crippen LogP contribution in [0.15, 0.2) is 36.4 Å². The van der Waals surface area contributed by atoms with E-state index < -0.39 is 11.7 Å². The van der Waals surface area contributed by atoms with Crippen molar-refractivity contribution < 1.29 is 9.53 Å². The average Bonchev–Trinajstić information content (AvgIpc) is 2.39. The summed E-state index contributed by atoms with van der Waals surface area (Å²) in [5, 5.41) is 11.3. The molecule has 1 aromatic heterocycles. The van der Waals surface area contributed by atoms with Crippen molar-refractivity contribution in [3.63, 3.8) is 0 Å². The molecular weight excluding hydrogens is 302 g/mol. The summed E-state index contributed by atoms with van der Waals surface area (Å²) >= 11 is 5.95. The molecule has 0 fully saturated rings. The number of anilines is 1. The third-order valence-corrected chi connectivity index (χ3v) is 2.86. The van der Waals surface area contributed by atoms with Crippen LogP contribution < -0.4 is 5.32 Å². The molecule has 0 saturated heterocycles. The monoisotopic (exact) mass is 319 g/mol. The highest BCUT2D eigenvalue weighted by Crippen LogP contribution is 2.14. The molecule has 1 aromatic carbocycles. The molecule has 0 saturated carbocycles. The summed E-state index contributed by atoms with van der Waals surface area (Å²) in [7, 11) is 0. The molecule has 2 aromatic rings. The molecule has 1 amide bonds. The van der Waals surface area contributed by atoms with Gasteiger partial charge in [0.25, 0.3) is 0 Å². The van der Waals surface area contributed by atoms with Crippen molar-refractivity contribution in [3.8, 4) is 0 Å². The van der Waals surface area contributed by atoms with Gasteiger partial charge in [-0.1, -0.05) is 23.7 Å². The predicted molar refractivity (Wildman–Crippen MR) is 86.1 cm³/mol. The van der Waals surface area contributed by atoms with Gasteiger partial charge in [-0.05, 0) is 50.6 Å². The van der Waals surface area contributed by atoms with Crippen LogP contribution in [0.2, 0.25) is 5.02 Å². The number of ether oxygens (including phenoxy) is 1. The SMILES string of the molecule is CC(C)(C)OC(=O)Nc1ccc(Cc2cccc(Cl)c2)nn1. The third kappa shape index (κ3) is 5.33. The Hall–Kier alpha value is -2.14. The summed E-state index contributed by atoms with van der Waals surface area (Å²) in [6.45, 7) is 5.39. The Morgan fingerprint density at radius 2 is 2.00 bits per heavy atom. The first-order chi connectivity index (χ1) is 10.3. The Kier molecular flexibility index (Phi) is 4.98. The zero-order valence-corrected chi connectivity index (χ0v) is 13.5. The van der Waals surface area contributed by atoms with Crippen molar-refractivity contribution in [1.29, 1.82) is 0 Å². The van der Waals surface area contributed by atoms with Crippen LogP contribution in [0.5, 0.6) is 0 Å². The second-order valence-electron chi connectivity index (χ2n) is 5.84. The maximum Gasteiger partial charge on any atom is 0.413 e. The van der Waals surface area contributed by atoms with E-state index in [-0.39, 0.29) is 0 Å². The van der Waals surface area contributed by atoms with E-state index in [1.807, 2.05) is 24.3 Å². The van der Waals surface area contributed by atoms with E-state index in [2.05, 4.69) is 15.5 Å². The summed E-state index contributed by atoms with van der Waals surface area (Å²) in [6, 6.07) is 11.1. The lowest BCUT2D eigenvalue weighted by Gasteiger charge is -2.19. The van der Waals surface area contributed by atoms with E-state index in [9.17, 15) is 4.79 Å². The number of carbonyl (C=O) groups is 1. The number of benzene rings is 1. The molecule has 5 nitrogen and oxygen atoms in total. The lowest BCUT2D eigenvalue weighted by Crippen LogP contribution is -2.27. The summed E-state index contributed by atoms with van der Waals surface area (Å²) < 4.78 is 5.15. The number of hydrogen-bond donors (Lipinski definition) is 1. The maximum atomic E-state index is 11.6. The Morgan fingerprint density at radius 3 is 2.59 bits per heavy atom. The van der Waals surface area contributed by atoms with Crippen molar-refractivity contribution >= 4 is 23.5 Å². The number of nitrogens with zero attached hydrogens (tertiary/aromatic N) is 2. The van der Waals surface area contributed by atoms with Gasteiger partial charge in [0.2, 0.25) is 0 Å². The third-order valence-electron chi connectivity index (χ3n) is 2.62. The van der Waals surface area contributed by atoms with Crippen molar-refractivity contribution in [2.45, 2.75) is 32.8 Å². The van der Waals surface area contributed by atoms with E-state index in [1.165, 1.54) is 0 Å². The minimum absolute atomic E-state index is 0.351. The average molecular weight is 320 g/mol. The van der Waals surface area contributed by atoms with Crippen LogP contribution in [-0.4, -0.2) is 21.9 Å². The van der Waals surface area contributed by atoms with Crippen molar-refractivity contribution in [3.05, 3.63) is 52.7 Å². The Balaban J connectivity index is 1.97. The lowest BCUT2D eigenvalue weighted by atomic mass is 10.1. The molecule has 0 aliphatic heterocycles. The number of carbonyl (C=O) groups excluding carboxylic acids is 1. The first-order valence-electron chi connectivity index (χ1n) is 6.89. The first kappa shape index (κ1) is 16.2. The van der Waals surface area contributed by atoms with Crippen molar-refractivity contribution in [2.75, 3.05) is 5.32 Å². The summed E-state index contributed by atoms with van der Waals surface area (Å²) in [5.41, 5.74) is 1.29. The van der Waals surface area contributed by atoms with Gasteiger partial charge in [-0.25, -0.2) is 4.79 Å². The molecule has 0 unspecified atom stereocenters. The molecule has 0 radical (unpaired) electrons. The van der Waals surface area contributed by atoms with Gasteiger partial charge in [-0.3, -0.25) is 5.32 Å². The molecule has 0 spiro atoms. The number of nitrogens with one attached hydrogen (secondary N) is 1. The van der Waals surface area contributed by atoms with Gasteiger partial charge >= 0.3 is 6.09 Å². The van der Waals surface area contributed by atoms with Crippen molar-refractivity contribution in [1.82, 2.24) is 10.2 Å². The molecule has 0 aliphatic rings. The van der Waals surface area contributed by atoms with Gasteiger partial charge in [0, 0.05) is 11.4 Å². The molecule has 22 heavy (non-hydrogen) atoms. The largest absolute Gasteiger partial charge is 0.444 e. The number of amides is 1. The van der Waals surface area contributed by atoms with Crippen molar-refractivity contribution in [2.24, 2.45) is 0 Å². The fourth-order valence-electron chi connectivity index (χ4n) is 1.79. The van der Waals surface area contributed by atoms with Crippen LogP contribution in [0.1, 0.15) is 32.0 Å². The van der Waals surface area contributed by atoms with Gasteiger partial charge in [0.15, 0.2) is 5.82 Å². The molecule has 6 heteroatoms. The Bertz CT molecular complexity index is 651. The molecule has 0 bridgehead atoms. The van der Waals surface area contributed by atoms with E-state index in [4.69, 9.17) is 16.3 Å². The van der Waals surface area contributed by atoms with Gasteiger partial charge in [-0.2, -0.15) is 5.10 Å². The molecule has 0 aliphatic carbocycles. The number of rotatable bonds is 3. The molecule has 0 atom stereocenters. The number of hydrogen-bond acceptors (Lipinski definition) is 4. The minimum Gasteiger partial charge on any atom is -0.444 e. The zero-order valence-electron chi connectivity index (χ0n) is 12.8. The van der Waals surface area contributed by atoms with Gasteiger partial charge < -0.3 is 4.74 Å². The van der Waals surface area contributed by atoms with Gasteiger partial charge in [0.1, 0.15) is 5.60 Å². The van der Waals surface area contributed by atoms with E-state index in [0.29, 0.717) is 17.3 Å². The molecule has 1 N–H and O–H groups in total. The summed E-state index contributed by atoms with van der Waals surface area (Å²) in [6.07, 6.45) is 0.0738. The highest BCUT2D eigenvalue weighted by atomic mass is 35.5. The van der Waals surface area contributed by atoms with Crippen LogP contribution in [0.4, 0.5) is 10.6 Å². The molecule has 1 heterocycles. The van der Waals surface area contributed by atoms with Gasteiger partial charge in [-0.15, -0.1) is 5.10 Å². The van der Waals surface area contributed by atoms with Crippen LogP contribution in [0, 0.1) is 0 Å². The topological polar surface area (TPSA) is 64.1 Å². The van der Waals surface area contributed by atoms with Crippen LogP contribution >= 0.6 is 11.6 Å². The quantitative estimate of drug-likeness (QED) is 0.926. The van der Waals surface area contributed by atoms with Crippen LogP contribution in [0.25, 0.3) is 0 Å². The summed E-state index contributed by atoms with van der Waals surface area (Å²) in [4.78, 5) is 11.6. The standard InChI is InChI=1S/C16H18ClN3O2/c1-16(2,3)22-15(21)18-14-8-7-13(19-20-14)10-11-5-4-6-12(17)9-11/h4-9H,10H2,1-3H3,(H,18,20,21). The molecule has 116 valence electrons. The fraction of sp³-hybridized carbons (Fsp3) is 0.312. The highest BCUT2D eigenvalue weighted by Gasteiger charge is 2.16. The Labute approximate surface area is 134 Å². The fourth-order valence-corrected chi connectivity index (χ4v) is 2.00. The predicted octanol–water partition coefficient (Wildman–Crippen LogP) is 4.07. The maximum absolute atomic E-state index is 11.6. The Morgan fingerprint density at radius 1 is 1.23 bits per heavy atom. The van der Waals surface area contributed by atoms with Crippen LogP contribution in [-0.2, 0) is 11.2 Å².